The first kappa shape index (κ1) is 11.0. The lowest BCUT2D eigenvalue weighted by molar-refractivity contribution is -0.137. The van der Waals surface area contributed by atoms with Crippen molar-refractivity contribution >= 4 is 11.8 Å². The maximum absolute atomic E-state index is 11.8. The number of carbonyl (C=O) groups excluding carboxylic acids is 2. The van der Waals surface area contributed by atoms with Gasteiger partial charge in [-0.3, -0.25) is 9.59 Å². The van der Waals surface area contributed by atoms with Crippen molar-refractivity contribution in [3.05, 3.63) is 0 Å². The lowest BCUT2D eigenvalue weighted by Gasteiger charge is -2.28. The van der Waals surface area contributed by atoms with Crippen LogP contribution in [0, 0.1) is 0 Å². The normalized spacial score (nSPS) is 21.6. The molecule has 1 aliphatic heterocycles. The summed E-state index contributed by atoms with van der Waals surface area (Å²) in [5.74, 6) is -0.114. The minimum atomic E-state index is -0.392. The number of likely N-dealkylation sites (N-methyl/N-ethyl adjacent to an activating group) is 1. The zero-order valence-corrected chi connectivity index (χ0v) is 8.67. The summed E-state index contributed by atoms with van der Waals surface area (Å²) in [7, 11) is 0. The summed E-state index contributed by atoms with van der Waals surface area (Å²) >= 11 is 0. The second-order valence-corrected chi connectivity index (χ2v) is 3.26. The van der Waals surface area contributed by atoms with Crippen LogP contribution in [0.4, 0.5) is 0 Å². The van der Waals surface area contributed by atoms with Crippen LogP contribution in [0.15, 0.2) is 0 Å². The highest BCUT2D eigenvalue weighted by Gasteiger charge is 2.26. The van der Waals surface area contributed by atoms with Crippen LogP contribution in [0.3, 0.4) is 0 Å². The molecule has 80 valence electrons. The van der Waals surface area contributed by atoms with E-state index in [9.17, 15) is 9.59 Å². The van der Waals surface area contributed by atoms with Crippen molar-refractivity contribution < 1.29 is 9.59 Å². The molecule has 14 heavy (non-hydrogen) atoms. The van der Waals surface area contributed by atoms with Gasteiger partial charge >= 0.3 is 0 Å². The Morgan fingerprint density at radius 3 is 2.64 bits per heavy atom. The van der Waals surface area contributed by atoms with Crippen molar-refractivity contribution in [1.29, 1.82) is 0 Å². The van der Waals surface area contributed by atoms with Crippen molar-refractivity contribution in [3.8, 4) is 0 Å². The molecule has 0 aromatic heterocycles. The molecule has 1 atom stereocenters. The third-order valence-corrected chi connectivity index (χ3v) is 2.34. The van der Waals surface area contributed by atoms with E-state index in [4.69, 9.17) is 0 Å². The third-order valence-electron chi connectivity index (χ3n) is 2.34. The van der Waals surface area contributed by atoms with Crippen LogP contribution in [-0.2, 0) is 9.59 Å². The highest BCUT2D eigenvalue weighted by molar-refractivity contribution is 5.89. The second-order valence-electron chi connectivity index (χ2n) is 3.26. The summed E-state index contributed by atoms with van der Waals surface area (Å²) in [6, 6.07) is -0.392. The zero-order chi connectivity index (χ0) is 10.6. The molecule has 0 radical (unpaired) electrons. The SMILES string of the molecule is CCN(CC)C(=O)C1CNCC(=O)N1. The van der Waals surface area contributed by atoms with Crippen molar-refractivity contribution in [2.45, 2.75) is 19.9 Å². The van der Waals surface area contributed by atoms with E-state index >= 15 is 0 Å². The lowest BCUT2D eigenvalue weighted by atomic mass is 10.2. The predicted molar refractivity (Wildman–Crippen MR) is 52.7 cm³/mol. The Labute approximate surface area is 83.8 Å². The lowest BCUT2D eigenvalue weighted by Crippen LogP contribution is -2.59. The van der Waals surface area contributed by atoms with Gasteiger partial charge in [0, 0.05) is 19.6 Å². The minimum Gasteiger partial charge on any atom is -0.342 e. The van der Waals surface area contributed by atoms with Crippen molar-refractivity contribution in [3.63, 3.8) is 0 Å². The first-order valence-electron chi connectivity index (χ1n) is 4.97. The van der Waals surface area contributed by atoms with Gasteiger partial charge in [-0.25, -0.2) is 0 Å². The van der Waals surface area contributed by atoms with E-state index in [2.05, 4.69) is 10.6 Å². The van der Waals surface area contributed by atoms with Crippen LogP contribution in [0.5, 0.6) is 0 Å². The maximum atomic E-state index is 11.8. The molecule has 0 aliphatic carbocycles. The average Bonchev–Trinajstić information content (AvgIpc) is 2.19. The minimum absolute atomic E-state index is 0.00412. The molecule has 0 aromatic rings. The molecule has 1 heterocycles. The number of rotatable bonds is 3. The summed E-state index contributed by atoms with van der Waals surface area (Å²) in [4.78, 5) is 24.5. The molecule has 1 aliphatic rings. The molecule has 1 fully saturated rings. The average molecular weight is 199 g/mol. The highest BCUT2D eigenvalue weighted by atomic mass is 16.2. The largest absolute Gasteiger partial charge is 0.342 e. The number of piperazine rings is 1. The topological polar surface area (TPSA) is 61.4 Å². The van der Waals surface area contributed by atoms with Gasteiger partial charge in [0.2, 0.25) is 11.8 Å². The maximum Gasteiger partial charge on any atom is 0.246 e. The van der Waals surface area contributed by atoms with Gasteiger partial charge in [0.05, 0.1) is 6.54 Å². The molecule has 1 saturated heterocycles. The molecule has 1 rings (SSSR count). The van der Waals surface area contributed by atoms with Crippen LogP contribution in [0.25, 0.3) is 0 Å². The number of hydrogen-bond donors (Lipinski definition) is 2. The molecule has 5 nitrogen and oxygen atoms in total. The molecule has 5 heteroatoms. The van der Waals surface area contributed by atoms with Crippen molar-refractivity contribution in [2.24, 2.45) is 0 Å². The summed E-state index contributed by atoms with van der Waals surface area (Å²) < 4.78 is 0. The smallest absolute Gasteiger partial charge is 0.246 e. The van der Waals surface area contributed by atoms with Crippen molar-refractivity contribution in [2.75, 3.05) is 26.2 Å². The Bertz CT molecular complexity index is 226. The summed E-state index contributed by atoms with van der Waals surface area (Å²) in [6.45, 7) is 6.06. The fourth-order valence-electron chi connectivity index (χ4n) is 1.53. The number of hydrogen-bond acceptors (Lipinski definition) is 3. The zero-order valence-electron chi connectivity index (χ0n) is 8.67. The standard InChI is InChI=1S/C9H17N3O2/c1-3-12(4-2)9(14)7-5-10-6-8(13)11-7/h7,10H,3-6H2,1-2H3,(H,11,13). The molecule has 2 N–H and O–H groups in total. The van der Waals surface area contributed by atoms with Gasteiger partial charge in [-0.2, -0.15) is 0 Å². The van der Waals surface area contributed by atoms with Crippen LogP contribution in [0.2, 0.25) is 0 Å². The van der Waals surface area contributed by atoms with E-state index in [-0.39, 0.29) is 11.8 Å². The Morgan fingerprint density at radius 1 is 1.50 bits per heavy atom. The van der Waals surface area contributed by atoms with Gasteiger partial charge in [0.15, 0.2) is 0 Å². The number of carbonyl (C=O) groups is 2. The quantitative estimate of drug-likeness (QED) is 0.609. The van der Waals surface area contributed by atoms with E-state index in [1.807, 2.05) is 13.8 Å². The van der Waals surface area contributed by atoms with Gasteiger partial charge in [-0.15, -0.1) is 0 Å². The van der Waals surface area contributed by atoms with Crippen LogP contribution in [-0.4, -0.2) is 48.9 Å². The number of nitrogens with zero attached hydrogens (tertiary/aromatic N) is 1. The fourth-order valence-corrected chi connectivity index (χ4v) is 1.53. The van der Waals surface area contributed by atoms with Crippen LogP contribution in [0.1, 0.15) is 13.8 Å². The molecule has 0 saturated carbocycles. The fraction of sp³-hybridized carbons (Fsp3) is 0.778. The van der Waals surface area contributed by atoms with Gasteiger partial charge in [-0.05, 0) is 13.8 Å². The van der Waals surface area contributed by atoms with Crippen LogP contribution < -0.4 is 10.6 Å². The Morgan fingerprint density at radius 2 is 2.14 bits per heavy atom. The Hall–Kier alpha value is -1.10. The van der Waals surface area contributed by atoms with E-state index in [0.717, 1.165) is 0 Å². The van der Waals surface area contributed by atoms with Crippen molar-refractivity contribution in [1.82, 2.24) is 15.5 Å². The Kier molecular flexibility index (Phi) is 3.88. The molecule has 0 bridgehead atoms. The number of amides is 2. The Balaban J connectivity index is 2.54. The molecule has 1 unspecified atom stereocenters. The van der Waals surface area contributed by atoms with E-state index < -0.39 is 6.04 Å². The number of nitrogens with one attached hydrogen (secondary N) is 2. The molecule has 0 aromatic carbocycles. The second kappa shape index (κ2) is 4.95. The predicted octanol–water partition coefficient (Wildman–Crippen LogP) is -1.06. The van der Waals surface area contributed by atoms with E-state index in [1.54, 1.807) is 4.90 Å². The molecular weight excluding hydrogens is 182 g/mol. The first-order valence-corrected chi connectivity index (χ1v) is 4.97. The van der Waals surface area contributed by atoms with Gasteiger partial charge in [-0.1, -0.05) is 0 Å². The summed E-state index contributed by atoms with van der Waals surface area (Å²) in [6.07, 6.45) is 0. The van der Waals surface area contributed by atoms with Gasteiger partial charge in [0.1, 0.15) is 6.04 Å². The van der Waals surface area contributed by atoms with Gasteiger partial charge in [0.25, 0.3) is 0 Å². The van der Waals surface area contributed by atoms with E-state index in [1.165, 1.54) is 0 Å². The third kappa shape index (κ3) is 2.45. The molecule has 2 amide bonds. The highest BCUT2D eigenvalue weighted by Crippen LogP contribution is 1.97. The van der Waals surface area contributed by atoms with Gasteiger partial charge < -0.3 is 15.5 Å². The summed E-state index contributed by atoms with van der Waals surface area (Å²) in [5.41, 5.74) is 0. The summed E-state index contributed by atoms with van der Waals surface area (Å²) in [5, 5.41) is 5.58. The molecule has 0 spiro atoms. The first-order chi connectivity index (χ1) is 6.69. The monoisotopic (exact) mass is 199 g/mol. The van der Waals surface area contributed by atoms with Crippen LogP contribution >= 0.6 is 0 Å². The molecular formula is C9H17N3O2. The van der Waals surface area contributed by atoms with E-state index in [0.29, 0.717) is 26.2 Å².